The molecule has 1 aliphatic carbocycles. The fourth-order valence-electron chi connectivity index (χ4n) is 4.48. The third-order valence-corrected chi connectivity index (χ3v) is 6.30. The first-order valence-electron chi connectivity index (χ1n) is 11.5. The van der Waals surface area contributed by atoms with Crippen LogP contribution >= 0.6 is 0 Å². The number of para-hydroxylation sites is 1. The number of rotatable bonds is 6. The van der Waals surface area contributed by atoms with Crippen LogP contribution in [0.2, 0.25) is 0 Å². The highest BCUT2D eigenvalue weighted by Gasteiger charge is 2.26. The van der Waals surface area contributed by atoms with E-state index in [9.17, 15) is 8.78 Å². The Kier molecular flexibility index (Phi) is 6.42. The monoisotopic (exact) mass is 474 g/mol. The minimum Gasteiger partial charge on any atom is -0.494 e. The number of alkyl halides is 2. The van der Waals surface area contributed by atoms with Gasteiger partial charge in [0.15, 0.2) is 5.82 Å². The van der Waals surface area contributed by atoms with Gasteiger partial charge in [-0.1, -0.05) is 6.07 Å². The van der Waals surface area contributed by atoms with Crippen LogP contribution < -0.4 is 20.7 Å². The van der Waals surface area contributed by atoms with Gasteiger partial charge in [-0.2, -0.15) is 15.0 Å². The molecule has 1 saturated heterocycles. The molecule has 0 radical (unpaired) electrons. The normalized spacial score (nSPS) is 21.3. The van der Waals surface area contributed by atoms with Crippen molar-refractivity contribution < 1.29 is 18.3 Å². The van der Waals surface area contributed by atoms with Crippen LogP contribution in [0.3, 0.4) is 0 Å². The summed E-state index contributed by atoms with van der Waals surface area (Å²) >= 11 is 0. The number of hydrogen-bond donors (Lipinski definition) is 2. The molecule has 1 aliphatic heterocycles. The first-order valence-corrected chi connectivity index (χ1v) is 11.5. The summed E-state index contributed by atoms with van der Waals surface area (Å²) < 4.78 is 40.3. The quantitative estimate of drug-likeness (QED) is 0.556. The number of fused-ring (bicyclic) bond motifs is 1. The Hall–Kier alpha value is -3.12. The number of morpholine rings is 1. The van der Waals surface area contributed by atoms with E-state index >= 15 is 0 Å². The van der Waals surface area contributed by atoms with Gasteiger partial charge in [0.1, 0.15) is 11.3 Å². The fraction of sp³-hybridized carbons (Fsp3) is 0.545. The van der Waals surface area contributed by atoms with Crippen molar-refractivity contribution in [2.45, 2.75) is 44.2 Å². The van der Waals surface area contributed by atoms with E-state index in [0.29, 0.717) is 55.0 Å². The van der Waals surface area contributed by atoms with Crippen LogP contribution in [0.5, 0.6) is 5.75 Å². The first-order chi connectivity index (χ1) is 16.5. The Bertz CT molecular complexity index is 1140. The largest absolute Gasteiger partial charge is 0.494 e. The summed E-state index contributed by atoms with van der Waals surface area (Å²) in [6, 6.07) is 5.47. The van der Waals surface area contributed by atoms with Crippen molar-refractivity contribution in [3.05, 3.63) is 24.0 Å². The zero-order valence-electron chi connectivity index (χ0n) is 19.0. The zero-order chi connectivity index (χ0) is 23.7. The molecule has 2 fully saturated rings. The van der Waals surface area contributed by atoms with Gasteiger partial charge in [0.05, 0.1) is 25.8 Å². The van der Waals surface area contributed by atoms with Crippen molar-refractivity contribution >= 4 is 22.9 Å². The molecule has 34 heavy (non-hydrogen) atoms. The van der Waals surface area contributed by atoms with Gasteiger partial charge in [-0.05, 0) is 37.8 Å². The van der Waals surface area contributed by atoms with Crippen molar-refractivity contribution in [2.75, 3.05) is 43.6 Å². The second-order valence-electron chi connectivity index (χ2n) is 8.55. The summed E-state index contributed by atoms with van der Waals surface area (Å²) in [5.74, 6) is 0.786. The number of imidazole rings is 1. The molecule has 0 unspecified atom stereocenters. The van der Waals surface area contributed by atoms with E-state index in [1.165, 1.54) is 11.7 Å². The number of halogens is 2. The molecule has 10 nitrogen and oxygen atoms in total. The van der Waals surface area contributed by atoms with Gasteiger partial charge in [0.2, 0.25) is 17.8 Å². The second-order valence-corrected chi connectivity index (χ2v) is 8.55. The first kappa shape index (κ1) is 22.7. The Morgan fingerprint density at radius 3 is 2.50 bits per heavy atom. The van der Waals surface area contributed by atoms with E-state index in [2.05, 4.69) is 25.3 Å². The van der Waals surface area contributed by atoms with Crippen molar-refractivity contribution in [3.8, 4) is 11.7 Å². The Balaban J connectivity index is 1.61. The Morgan fingerprint density at radius 1 is 1.06 bits per heavy atom. The maximum Gasteiger partial charge on any atom is 0.296 e. The smallest absolute Gasteiger partial charge is 0.296 e. The lowest BCUT2D eigenvalue weighted by atomic mass is 9.92. The van der Waals surface area contributed by atoms with Gasteiger partial charge in [-0.3, -0.25) is 4.57 Å². The van der Waals surface area contributed by atoms with E-state index in [-0.39, 0.29) is 18.0 Å². The average molecular weight is 475 g/mol. The van der Waals surface area contributed by atoms with Crippen LogP contribution in [0.4, 0.5) is 20.7 Å². The lowest BCUT2D eigenvalue weighted by Gasteiger charge is -2.29. The molecule has 1 saturated carbocycles. The summed E-state index contributed by atoms with van der Waals surface area (Å²) in [5, 5.41) is 3.38. The summed E-state index contributed by atoms with van der Waals surface area (Å²) in [5.41, 5.74) is 6.80. The molecule has 3 N–H and O–H groups in total. The number of nitrogens with two attached hydrogens (primary N) is 1. The topological polar surface area (TPSA) is 116 Å². The highest BCUT2D eigenvalue weighted by Crippen LogP contribution is 2.32. The molecule has 5 rings (SSSR count). The predicted molar refractivity (Wildman–Crippen MR) is 123 cm³/mol. The highest BCUT2D eigenvalue weighted by atomic mass is 19.3. The van der Waals surface area contributed by atoms with Gasteiger partial charge < -0.3 is 25.4 Å². The zero-order valence-corrected chi connectivity index (χ0v) is 19.0. The molecular weight excluding hydrogens is 446 g/mol. The number of ether oxygens (including phenoxy) is 2. The van der Waals surface area contributed by atoms with Gasteiger partial charge in [-0.15, -0.1) is 0 Å². The standard InChI is InChI=1S/C22H28F2N8O2/c1-33-16-4-2-3-15-17(16)27-19(18(23)24)32(15)22-29-20(26-14-7-5-13(25)6-8-14)28-21(30-22)31-9-11-34-12-10-31/h2-4,13-14,18H,5-12,25H2,1H3,(H,26,28,29,30). The van der Waals surface area contributed by atoms with Gasteiger partial charge >= 0.3 is 0 Å². The number of methoxy groups -OCH3 is 1. The molecule has 1 aromatic carbocycles. The number of hydrogen-bond acceptors (Lipinski definition) is 9. The van der Waals surface area contributed by atoms with Gasteiger partial charge in [-0.25, -0.2) is 13.8 Å². The third kappa shape index (κ3) is 4.47. The van der Waals surface area contributed by atoms with E-state index in [4.69, 9.17) is 15.2 Å². The fourth-order valence-corrected chi connectivity index (χ4v) is 4.48. The van der Waals surface area contributed by atoms with Crippen molar-refractivity contribution in [1.82, 2.24) is 24.5 Å². The van der Waals surface area contributed by atoms with Crippen LogP contribution in [-0.4, -0.2) is 70.0 Å². The maximum atomic E-state index is 14.1. The number of nitrogens with one attached hydrogen (secondary N) is 1. The molecule has 0 amide bonds. The highest BCUT2D eigenvalue weighted by molar-refractivity contribution is 5.84. The molecule has 3 heterocycles. The predicted octanol–water partition coefficient (Wildman–Crippen LogP) is 2.68. The van der Waals surface area contributed by atoms with Crippen LogP contribution in [0.25, 0.3) is 17.0 Å². The van der Waals surface area contributed by atoms with Crippen molar-refractivity contribution in [1.29, 1.82) is 0 Å². The Labute approximate surface area is 195 Å². The molecule has 2 aliphatic rings. The third-order valence-electron chi connectivity index (χ3n) is 6.30. The number of anilines is 2. The van der Waals surface area contributed by atoms with E-state index in [1.54, 1.807) is 18.2 Å². The molecule has 3 aromatic rings. The lowest BCUT2D eigenvalue weighted by molar-refractivity contribution is 0.122. The van der Waals surface area contributed by atoms with E-state index < -0.39 is 12.2 Å². The summed E-state index contributed by atoms with van der Waals surface area (Å²) in [7, 11) is 1.48. The summed E-state index contributed by atoms with van der Waals surface area (Å²) in [6.07, 6.45) is 0.767. The number of aromatic nitrogens is 5. The molecule has 0 bridgehead atoms. The van der Waals surface area contributed by atoms with Crippen LogP contribution in [0.1, 0.15) is 37.9 Å². The summed E-state index contributed by atoms with van der Waals surface area (Å²) in [6.45, 7) is 2.28. The van der Waals surface area contributed by atoms with Gasteiger partial charge in [0, 0.05) is 25.2 Å². The Morgan fingerprint density at radius 2 is 1.79 bits per heavy atom. The summed E-state index contributed by atoms with van der Waals surface area (Å²) in [4.78, 5) is 19.9. The average Bonchev–Trinajstić information content (AvgIpc) is 3.26. The molecule has 12 heteroatoms. The minimum atomic E-state index is -2.84. The van der Waals surface area contributed by atoms with Crippen LogP contribution in [-0.2, 0) is 4.74 Å². The molecular formula is C22H28F2N8O2. The number of nitrogens with zero attached hydrogens (tertiary/aromatic N) is 6. The molecule has 0 spiro atoms. The van der Waals surface area contributed by atoms with Gasteiger partial charge in [0.25, 0.3) is 6.43 Å². The lowest BCUT2D eigenvalue weighted by Crippen LogP contribution is -2.38. The SMILES string of the molecule is COc1cccc2c1nc(C(F)F)n2-c1nc(NC2CCC(N)CC2)nc(N2CCOCC2)n1. The second kappa shape index (κ2) is 9.63. The number of benzene rings is 1. The minimum absolute atomic E-state index is 0.0811. The van der Waals surface area contributed by atoms with Crippen LogP contribution in [0.15, 0.2) is 18.2 Å². The molecule has 0 atom stereocenters. The van der Waals surface area contributed by atoms with Crippen molar-refractivity contribution in [3.63, 3.8) is 0 Å². The van der Waals surface area contributed by atoms with Crippen molar-refractivity contribution in [2.24, 2.45) is 5.73 Å². The maximum absolute atomic E-state index is 14.1. The van der Waals surface area contributed by atoms with E-state index in [1.807, 2.05) is 4.90 Å². The molecule has 182 valence electrons. The van der Waals surface area contributed by atoms with Crippen LogP contribution in [0, 0.1) is 0 Å². The molecule has 2 aromatic heterocycles. The van der Waals surface area contributed by atoms with E-state index in [0.717, 1.165) is 25.7 Å².